The van der Waals surface area contributed by atoms with Gasteiger partial charge in [0.2, 0.25) is 0 Å². The Morgan fingerprint density at radius 3 is 0.780 bits per heavy atom. The zero-order chi connectivity index (χ0) is 73.2. The highest BCUT2D eigenvalue weighted by atomic mass is 31.2. The minimum Gasteiger partial charge on any atom is -0.462 e. The number of carbonyl (C=O) groups is 4. The molecule has 0 spiro atoms. The Balaban J connectivity index is 5.35. The van der Waals surface area contributed by atoms with Crippen LogP contribution in [0.4, 0.5) is 0 Å². The third kappa shape index (κ3) is 72.6. The highest BCUT2D eigenvalue weighted by Crippen LogP contribution is 2.45. The summed E-state index contributed by atoms with van der Waals surface area (Å²) in [4.78, 5) is 72.9. The second kappa shape index (κ2) is 73.5. The summed E-state index contributed by atoms with van der Waals surface area (Å²) < 4.78 is 68.5. The molecule has 3 N–H and O–H groups in total. The number of rotatable bonds is 75. The molecule has 580 valence electrons. The zero-order valence-electron chi connectivity index (χ0n) is 63.4. The van der Waals surface area contributed by atoms with Crippen molar-refractivity contribution in [3.63, 3.8) is 0 Å². The number of phosphoric acid groups is 2. The number of phosphoric ester groups is 2. The summed E-state index contributed by atoms with van der Waals surface area (Å²) in [6.45, 7) is 4.78. The Kier molecular flexibility index (Phi) is 70.8. The molecule has 5 atom stereocenters. The van der Waals surface area contributed by atoms with E-state index in [1.165, 1.54) is 89.9 Å². The highest BCUT2D eigenvalue weighted by Gasteiger charge is 2.30. The number of allylic oxidation sites excluding steroid dienone is 14. The molecule has 0 rings (SSSR count). The molecular weight excluding hydrogens is 1310 g/mol. The van der Waals surface area contributed by atoms with Crippen LogP contribution in [0.5, 0.6) is 0 Å². The molecule has 0 radical (unpaired) electrons. The lowest BCUT2D eigenvalue weighted by Gasteiger charge is -2.21. The van der Waals surface area contributed by atoms with Crippen molar-refractivity contribution in [2.75, 3.05) is 39.6 Å². The van der Waals surface area contributed by atoms with E-state index in [4.69, 9.17) is 37.0 Å². The molecule has 17 nitrogen and oxygen atoms in total. The SMILES string of the molecule is CCCCC/C=C\C/C=C\C/C=C\CCCCCCCCC(=O)OCC(COP(=O)(O)OCC(O)COP(=O)(O)OCC(COC(=O)CCCCCCC/C=C\CCCCCC)OC(=O)CCCCCCC/C=C\CCCCCC)OC(=O)CCCCCCC/C=C\C/C=C\CCCCC. The molecule has 19 heteroatoms. The maximum atomic E-state index is 13.1. The van der Waals surface area contributed by atoms with Crippen molar-refractivity contribution < 1.29 is 80.2 Å². The van der Waals surface area contributed by atoms with Gasteiger partial charge < -0.3 is 33.8 Å². The van der Waals surface area contributed by atoms with E-state index in [1.54, 1.807) is 0 Å². The Labute approximate surface area is 608 Å². The van der Waals surface area contributed by atoms with Crippen LogP contribution < -0.4 is 0 Å². The van der Waals surface area contributed by atoms with Crippen LogP contribution in [0.3, 0.4) is 0 Å². The summed E-state index contributed by atoms with van der Waals surface area (Å²) >= 11 is 0. The summed E-state index contributed by atoms with van der Waals surface area (Å²) in [5.74, 6) is -2.20. The summed E-state index contributed by atoms with van der Waals surface area (Å²) in [6, 6.07) is 0. The van der Waals surface area contributed by atoms with Crippen molar-refractivity contribution in [3.05, 3.63) is 85.1 Å². The molecule has 0 heterocycles. The first-order valence-corrected chi connectivity index (χ1v) is 42.8. The molecule has 0 saturated carbocycles. The number of aliphatic hydroxyl groups is 1. The molecule has 0 aliphatic carbocycles. The molecule has 0 aromatic carbocycles. The first kappa shape index (κ1) is 96.2. The lowest BCUT2D eigenvalue weighted by atomic mass is 10.1. The van der Waals surface area contributed by atoms with Crippen molar-refractivity contribution in [1.82, 2.24) is 0 Å². The van der Waals surface area contributed by atoms with Gasteiger partial charge in [-0.3, -0.25) is 37.3 Å². The molecule has 0 amide bonds. The van der Waals surface area contributed by atoms with Crippen LogP contribution in [-0.2, 0) is 65.4 Å². The van der Waals surface area contributed by atoms with E-state index < -0.39 is 97.5 Å². The van der Waals surface area contributed by atoms with Crippen molar-refractivity contribution in [2.45, 2.75) is 367 Å². The van der Waals surface area contributed by atoms with Gasteiger partial charge in [0.1, 0.15) is 19.3 Å². The molecule has 5 unspecified atom stereocenters. The van der Waals surface area contributed by atoms with Gasteiger partial charge in [-0.1, -0.05) is 260 Å². The van der Waals surface area contributed by atoms with Gasteiger partial charge in [-0.05, 0) is 148 Å². The smallest absolute Gasteiger partial charge is 0.462 e. The zero-order valence-corrected chi connectivity index (χ0v) is 65.2. The van der Waals surface area contributed by atoms with Crippen molar-refractivity contribution >= 4 is 39.5 Å². The number of aliphatic hydroxyl groups excluding tert-OH is 1. The predicted octanol–water partition coefficient (Wildman–Crippen LogP) is 23.0. The predicted molar refractivity (Wildman–Crippen MR) is 409 cm³/mol. The highest BCUT2D eigenvalue weighted by molar-refractivity contribution is 7.47. The van der Waals surface area contributed by atoms with Crippen LogP contribution in [0.2, 0.25) is 0 Å². The maximum Gasteiger partial charge on any atom is 0.472 e. The van der Waals surface area contributed by atoms with E-state index in [1.807, 2.05) is 0 Å². The molecule has 0 bridgehead atoms. The topological polar surface area (TPSA) is 237 Å². The van der Waals surface area contributed by atoms with Crippen LogP contribution in [-0.4, -0.2) is 96.7 Å². The summed E-state index contributed by atoms with van der Waals surface area (Å²) in [5.41, 5.74) is 0. The lowest BCUT2D eigenvalue weighted by molar-refractivity contribution is -0.161. The summed E-state index contributed by atoms with van der Waals surface area (Å²) in [7, 11) is -9.96. The van der Waals surface area contributed by atoms with Crippen molar-refractivity contribution in [2.24, 2.45) is 0 Å². The van der Waals surface area contributed by atoms with E-state index in [0.717, 1.165) is 180 Å². The minimum absolute atomic E-state index is 0.0768. The van der Waals surface area contributed by atoms with Gasteiger partial charge >= 0.3 is 39.5 Å². The quantitative estimate of drug-likeness (QED) is 0.0169. The fourth-order valence-corrected chi connectivity index (χ4v) is 12.2. The third-order valence-electron chi connectivity index (χ3n) is 16.8. The monoisotopic (exact) mass is 1450 g/mol. The van der Waals surface area contributed by atoms with Crippen molar-refractivity contribution in [1.29, 1.82) is 0 Å². The van der Waals surface area contributed by atoms with Crippen LogP contribution in [0.25, 0.3) is 0 Å². The first-order valence-electron chi connectivity index (χ1n) is 39.8. The second-order valence-corrected chi connectivity index (χ2v) is 29.5. The fourth-order valence-electron chi connectivity index (χ4n) is 10.7. The molecule has 0 aromatic heterocycles. The first-order chi connectivity index (χ1) is 48.7. The summed E-state index contributed by atoms with van der Waals surface area (Å²) in [5, 5.41) is 10.6. The molecule has 0 aliphatic rings. The normalized spacial score (nSPS) is 14.3. The van der Waals surface area contributed by atoms with Gasteiger partial charge in [0.25, 0.3) is 0 Å². The summed E-state index contributed by atoms with van der Waals surface area (Å²) in [6.07, 6.45) is 75.6. The van der Waals surface area contributed by atoms with E-state index in [0.29, 0.717) is 25.7 Å². The average molecular weight is 1450 g/mol. The molecule has 0 aromatic rings. The van der Waals surface area contributed by atoms with Crippen LogP contribution in [0, 0.1) is 0 Å². The Bertz CT molecular complexity index is 2230. The molecular formula is C81H144O17P2. The fraction of sp³-hybridized carbons (Fsp3) is 0.778. The number of hydrogen-bond donors (Lipinski definition) is 3. The number of hydrogen-bond acceptors (Lipinski definition) is 15. The van der Waals surface area contributed by atoms with Crippen LogP contribution in [0.1, 0.15) is 349 Å². The average Bonchev–Trinajstić information content (AvgIpc) is 0.946. The number of carbonyl (C=O) groups excluding carboxylic acids is 4. The molecule has 0 saturated heterocycles. The molecule has 100 heavy (non-hydrogen) atoms. The van der Waals surface area contributed by atoms with E-state index in [-0.39, 0.29) is 25.7 Å². The van der Waals surface area contributed by atoms with Gasteiger partial charge in [0, 0.05) is 25.7 Å². The van der Waals surface area contributed by atoms with Gasteiger partial charge in [-0.2, -0.15) is 0 Å². The van der Waals surface area contributed by atoms with Crippen LogP contribution in [0.15, 0.2) is 85.1 Å². The number of unbranched alkanes of at least 4 members (excludes halogenated alkanes) is 35. The lowest BCUT2D eigenvalue weighted by Crippen LogP contribution is -2.30. The third-order valence-corrected chi connectivity index (χ3v) is 18.7. The van der Waals surface area contributed by atoms with E-state index in [2.05, 4.69) is 113 Å². The Morgan fingerprint density at radius 1 is 0.280 bits per heavy atom. The van der Waals surface area contributed by atoms with Gasteiger partial charge in [-0.25, -0.2) is 9.13 Å². The van der Waals surface area contributed by atoms with Gasteiger partial charge in [0.05, 0.1) is 26.4 Å². The molecule has 0 fully saturated rings. The minimum atomic E-state index is -4.98. The van der Waals surface area contributed by atoms with Gasteiger partial charge in [-0.15, -0.1) is 0 Å². The number of esters is 4. The largest absolute Gasteiger partial charge is 0.472 e. The molecule has 0 aliphatic heterocycles. The van der Waals surface area contributed by atoms with Crippen molar-refractivity contribution in [3.8, 4) is 0 Å². The number of ether oxygens (including phenoxy) is 4. The standard InChI is InChI=1S/C81H144O17P2/c1-5-9-13-17-21-25-29-33-35-36-37-38-40-43-46-50-54-58-62-66-79(84)92-72-77(98-81(86)68-64-60-56-52-48-44-39-34-30-26-22-18-14-10-6-2)74-96-100(89,90)94-70-75(82)69-93-99(87,88)95-73-76(97-80(85)67-63-59-55-51-47-42-32-28-24-20-16-12-8-4)71-91-78(83)65-61-57-53-49-45-41-31-27-23-19-15-11-7-3/h21-22,25-28,31-35,37-39,75-77,82H,5-20,23-24,29-30,36,40-74H2,1-4H3,(H,87,88)(H,89,90)/b25-21-,26-22-,31-27-,32-28-,35-33-,38-37-,39-34-. The Hall–Kier alpha value is -3.76. The van der Waals surface area contributed by atoms with E-state index in [9.17, 15) is 43.2 Å². The van der Waals surface area contributed by atoms with Crippen LogP contribution >= 0.6 is 15.6 Å². The maximum absolute atomic E-state index is 13.1. The van der Waals surface area contributed by atoms with E-state index >= 15 is 0 Å². The second-order valence-electron chi connectivity index (χ2n) is 26.6. The Morgan fingerprint density at radius 2 is 0.490 bits per heavy atom. The van der Waals surface area contributed by atoms with Gasteiger partial charge in [0.15, 0.2) is 12.2 Å².